The van der Waals surface area contributed by atoms with E-state index in [-0.39, 0.29) is 31.4 Å². The smallest absolute Gasteiger partial charge is 0.265 e. The Hall–Kier alpha value is -2.85. The number of nitriles is 1. The predicted octanol–water partition coefficient (Wildman–Crippen LogP) is 2.94. The zero-order chi connectivity index (χ0) is 17.8. The number of carbonyl (C=O) groups excluding carboxylic acids is 2. The van der Waals surface area contributed by atoms with Crippen LogP contribution in [0.25, 0.3) is 0 Å². The van der Waals surface area contributed by atoms with Crippen LogP contribution in [-0.4, -0.2) is 25.0 Å². The van der Waals surface area contributed by atoms with E-state index in [0.717, 1.165) is 11.3 Å². The molecule has 7 heteroatoms. The van der Waals surface area contributed by atoms with Gasteiger partial charge in [-0.3, -0.25) is 9.59 Å². The van der Waals surface area contributed by atoms with E-state index in [1.807, 2.05) is 19.1 Å². The lowest BCUT2D eigenvalue weighted by atomic mass is 10.2. The summed E-state index contributed by atoms with van der Waals surface area (Å²) in [4.78, 5) is 27.0. The number of carbonyl (C=O) groups is 2. The van der Waals surface area contributed by atoms with Crippen LogP contribution in [0.1, 0.15) is 23.8 Å². The molecule has 0 radical (unpaired) electrons. The van der Waals surface area contributed by atoms with Crippen molar-refractivity contribution in [1.82, 2.24) is 0 Å². The molecule has 0 saturated heterocycles. The van der Waals surface area contributed by atoms with Gasteiger partial charge in [0.15, 0.2) is 6.61 Å². The molecule has 2 aromatic rings. The third kappa shape index (κ3) is 3.64. The van der Waals surface area contributed by atoms with E-state index in [4.69, 9.17) is 10.00 Å². The number of ether oxygens (including phenoxy) is 1. The van der Waals surface area contributed by atoms with Crippen LogP contribution < -0.4 is 15.0 Å². The molecule has 0 aliphatic carbocycles. The molecule has 128 valence electrons. The van der Waals surface area contributed by atoms with Gasteiger partial charge in [0.25, 0.3) is 5.91 Å². The van der Waals surface area contributed by atoms with Gasteiger partial charge in [0.05, 0.1) is 11.3 Å². The summed E-state index contributed by atoms with van der Waals surface area (Å²) < 4.78 is 5.39. The van der Waals surface area contributed by atoms with Crippen LogP contribution in [-0.2, 0) is 16.0 Å². The summed E-state index contributed by atoms with van der Waals surface area (Å²) in [5, 5.41) is 12.5. The van der Waals surface area contributed by atoms with Gasteiger partial charge in [-0.05, 0) is 24.6 Å². The van der Waals surface area contributed by atoms with Crippen molar-refractivity contribution in [2.24, 2.45) is 0 Å². The Bertz CT molecular complexity index is 853. The highest BCUT2D eigenvalue weighted by molar-refractivity contribution is 7.16. The Balaban J connectivity index is 1.66. The van der Waals surface area contributed by atoms with Gasteiger partial charge in [-0.15, -0.1) is 11.3 Å². The van der Waals surface area contributed by atoms with Crippen molar-refractivity contribution in [3.63, 3.8) is 0 Å². The van der Waals surface area contributed by atoms with E-state index in [1.54, 1.807) is 23.1 Å². The maximum absolute atomic E-state index is 12.3. The van der Waals surface area contributed by atoms with E-state index in [0.29, 0.717) is 22.0 Å². The fourth-order valence-electron chi connectivity index (χ4n) is 2.59. The number of benzene rings is 1. The first-order valence-corrected chi connectivity index (χ1v) is 8.79. The molecule has 1 aromatic heterocycles. The van der Waals surface area contributed by atoms with Crippen LogP contribution >= 0.6 is 11.3 Å². The lowest BCUT2D eigenvalue weighted by molar-refractivity contribution is -0.121. The molecule has 0 unspecified atom stereocenters. The van der Waals surface area contributed by atoms with Gasteiger partial charge in [-0.1, -0.05) is 19.1 Å². The standard InChI is InChI=1S/C18H17N3O3S/c1-2-13-9-12(10-19)18(25-13)20-16(22)7-8-21-14-5-3-4-6-15(14)24-11-17(21)23/h3-6,9H,2,7-8,11H2,1H3,(H,20,22). The van der Waals surface area contributed by atoms with Crippen molar-refractivity contribution in [2.45, 2.75) is 19.8 Å². The van der Waals surface area contributed by atoms with Crippen LogP contribution in [0.5, 0.6) is 5.75 Å². The maximum atomic E-state index is 12.3. The molecule has 3 rings (SSSR count). The first-order chi connectivity index (χ1) is 12.1. The van der Waals surface area contributed by atoms with Gasteiger partial charge in [0, 0.05) is 17.8 Å². The normalized spacial score (nSPS) is 13.0. The number of thiophene rings is 1. The van der Waals surface area contributed by atoms with Gasteiger partial charge in [-0.25, -0.2) is 0 Å². The Morgan fingerprint density at radius 2 is 2.24 bits per heavy atom. The number of anilines is 2. The second-order valence-corrected chi connectivity index (χ2v) is 6.66. The average Bonchev–Trinajstić information content (AvgIpc) is 3.02. The average molecular weight is 355 g/mol. The van der Waals surface area contributed by atoms with E-state index < -0.39 is 0 Å². The fraction of sp³-hybridized carbons (Fsp3) is 0.278. The lowest BCUT2D eigenvalue weighted by Gasteiger charge is -2.29. The topological polar surface area (TPSA) is 82.4 Å². The largest absolute Gasteiger partial charge is 0.482 e. The molecule has 25 heavy (non-hydrogen) atoms. The molecule has 2 heterocycles. The van der Waals surface area contributed by atoms with Crippen molar-refractivity contribution < 1.29 is 14.3 Å². The van der Waals surface area contributed by atoms with Crippen molar-refractivity contribution in [1.29, 1.82) is 5.26 Å². The Morgan fingerprint density at radius 1 is 1.44 bits per heavy atom. The first-order valence-electron chi connectivity index (χ1n) is 7.97. The van der Waals surface area contributed by atoms with Gasteiger partial charge in [0.1, 0.15) is 16.8 Å². The number of amides is 2. The summed E-state index contributed by atoms with van der Waals surface area (Å²) in [6.07, 6.45) is 0.957. The third-order valence-electron chi connectivity index (χ3n) is 3.88. The van der Waals surface area contributed by atoms with Crippen molar-refractivity contribution in [2.75, 3.05) is 23.4 Å². The van der Waals surface area contributed by atoms with E-state index in [2.05, 4.69) is 11.4 Å². The number of nitrogens with zero attached hydrogens (tertiary/aromatic N) is 2. The first kappa shape index (κ1) is 17.0. The minimum absolute atomic E-state index is 0.0258. The number of para-hydroxylation sites is 2. The Kier molecular flexibility index (Phi) is 5.00. The molecule has 1 aliphatic rings. The Morgan fingerprint density at radius 3 is 3.00 bits per heavy atom. The number of hydrogen-bond donors (Lipinski definition) is 1. The monoisotopic (exact) mass is 355 g/mol. The molecule has 1 aliphatic heterocycles. The SMILES string of the molecule is CCc1cc(C#N)c(NC(=O)CCN2C(=O)COc3ccccc32)s1. The predicted molar refractivity (Wildman–Crippen MR) is 95.9 cm³/mol. The van der Waals surface area contributed by atoms with Gasteiger partial charge >= 0.3 is 0 Å². The Labute approximate surface area is 149 Å². The van der Waals surface area contributed by atoms with Crippen LogP contribution in [0.3, 0.4) is 0 Å². The quantitative estimate of drug-likeness (QED) is 0.894. The highest BCUT2D eigenvalue weighted by Gasteiger charge is 2.25. The molecule has 0 fully saturated rings. The fourth-order valence-corrected chi connectivity index (χ4v) is 3.56. The van der Waals surface area contributed by atoms with E-state index in [1.165, 1.54) is 11.3 Å². The van der Waals surface area contributed by atoms with Crippen LogP contribution in [0.15, 0.2) is 30.3 Å². The summed E-state index contributed by atoms with van der Waals surface area (Å²) in [6.45, 7) is 2.24. The second-order valence-electron chi connectivity index (χ2n) is 5.52. The van der Waals surface area contributed by atoms with Crippen molar-refractivity contribution >= 4 is 33.8 Å². The summed E-state index contributed by atoms with van der Waals surface area (Å²) in [5.41, 5.74) is 1.15. The number of aryl methyl sites for hydroxylation is 1. The summed E-state index contributed by atoms with van der Waals surface area (Å²) in [7, 11) is 0. The number of rotatable bonds is 5. The highest BCUT2D eigenvalue weighted by Crippen LogP contribution is 2.32. The minimum Gasteiger partial charge on any atom is -0.482 e. The molecule has 0 atom stereocenters. The van der Waals surface area contributed by atoms with Crippen LogP contribution in [0, 0.1) is 11.3 Å². The molecule has 0 spiro atoms. The van der Waals surface area contributed by atoms with Gasteiger partial charge in [-0.2, -0.15) is 5.26 Å². The second kappa shape index (κ2) is 7.36. The lowest BCUT2D eigenvalue weighted by Crippen LogP contribution is -2.40. The number of hydrogen-bond acceptors (Lipinski definition) is 5. The summed E-state index contributed by atoms with van der Waals surface area (Å²) >= 11 is 1.41. The van der Waals surface area contributed by atoms with Crippen molar-refractivity contribution in [3.05, 3.63) is 40.8 Å². The van der Waals surface area contributed by atoms with Crippen LogP contribution in [0.4, 0.5) is 10.7 Å². The zero-order valence-corrected chi connectivity index (χ0v) is 14.6. The molecule has 0 saturated carbocycles. The molecule has 6 nitrogen and oxygen atoms in total. The maximum Gasteiger partial charge on any atom is 0.265 e. The number of fused-ring (bicyclic) bond motifs is 1. The van der Waals surface area contributed by atoms with Gasteiger partial charge < -0.3 is 15.0 Å². The number of nitrogens with one attached hydrogen (secondary N) is 1. The molecular weight excluding hydrogens is 338 g/mol. The van der Waals surface area contributed by atoms with Gasteiger partial charge in [0.2, 0.25) is 5.91 Å². The van der Waals surface area contributed by atoms with Crippen LogP contribution in [0.2, 0.25) is 0 Å². The molecule has 2 amide bonds. The molecule has 1 N–H and O–H groups in total. The summed E-state index contributed by atoms with van der Waals surface area (Å²) in [5.74, 6) is 0.242. The van der Waals surface area contributed by atoms with E-state index in [9.17, 15) is 9.59 Å². The molecular formula is C18H17N3O3S. The van der Waals surface area contributed by atoms with E-state index >= 15 is 0 Å². The third-order valence-corrected chi connectivity index (χ3v) is 5.07. The molecule has 0 bridgehead atoms. The minimum atomic E-state index is -0.224. The summed E-state index contributed by atoms with van der Waals surface area (Å²) in [6, 6.07) is 11.1. The zero-order valence-electron chi connectivity index (χ0n) is 13.7. The van der Waals surface area contributed by atoms with Crippen molar-refractivity contribution in [3.8, 4) is 11.8 Å². The highest BCUT2D eigenvalue weighted by atomic mass is 32.1. The molecule has 1 aromatic carbocycles.